The molecule has 4 nitrogen and oxygen atoms in total. The molecule has 1 N–H and O–H groups in total. The summed E-state index contributed by atoms with van der Waals surface area (Å²) in [7, 11) is 0. The van der Waals surface area contributed by atoms with Crippen LogP contribution in [0.25, 0.3) is 0 Å². The lowest BCUT2D eigenvalue weighted by Crippen LogP contribution is -2.44. The van der Waals surface area contributed by atoms with Crippen LogP contribution >= 0.6 is 0 Å². The van der Waals surface area contributed by atoms with E-state index in [1.165, 1.54) is 18.8 Å². The van der Waals surface area contributed by atoms with E-state index in [2.05, 4.69) is 33.0 Å². The molecular formula is C11H20N4. The molecule has 0 atom stereocenters. The number of piperazine rings is 1. The van der Waals surface area contributed by atoms with E-state index in [4.69, 9.17) is 0 Å². The molecule has 0 saturated carbocycles. The number of nitrogens with zero attached hydrogens (tertiary/aromatic N) is 3. The van der Waals surface area contributed by atoms with Gasteiger partial charge in [-0.2, -0.15) is 5.10 Å². The zero-order valence-corrected chi connectivity index (χ0v) is 9.45. The second-order valence-electron chi connectivity index (χ2n) is 3.98. The van der Waals surface area contributed by atoms with Crippen molar-refractivity contribution in [3.05, 3.63) is 18.0 Å². The second kappa shape index (κ2) is 5.28. The average Bonchev–Trinajstić information content (AvgIpc) is 2.75. The minimum absolute atomic E-state index is 0.976. The number of nitrogens with one attached hydrogen (secondary N) is 1. The van der Waals surface area contributed by atoms with Crippen LogP contribution in [0.1, 0.15) is 12.6 Å². The molecule has 0 unspecified atom stereocenters. The molecule has 1 fully saturated rings. The monoisotopic (exact) mass is 208 g/mol. The maximum absolute atomic E-state index is 4.28. The van der Waals surface area contributed by atoms with Gasteiger partial charge in [0, 0.05) is 57.6 Å². The van der Waals surface area contributed by atoms with Gasteiger partial charge in [-0.15, -0.1) is 0 Å². The summed E-state index contributed by atoms with van der Waals surface area (Å²) >= 11 is 0. The van der Waals surface area contributed by atoms with Crippen molar-refractivity contribution < 1.29 is 0 Å². The van der Waals surface area contributed by atoms with E-state index in [0.29, 0.717) is 0 Å². The molecular weight excluding hydrogens is 188 g/mol. The van der Waals surface area contributed by atoms with Gasteiger partial charge in [0.05, 0.1) is 0 Å². The maximum atomic E-state index is 4.28. The average molecular weight is 208 g/mol. The highest BCUT2D eigenvalue weighted by atomic mass is 15.3. The van der Waals surface area contributed by atoms with E-state index in [9.17, 15) is 0 Å². The largest absolute Gasteiger partial charge is 0.314 e. The topological polar surface area (TPSA) is 33.1 Å². The Kier molecular flexibility index (Phi) is 3.75. The molecule has 1 aliphatic rings. The Morgan fingerprint density at radius 3 is 2.93 bits per heavy atom. The third-order valence-corrected chi connectivity index (χ3v) is 3.00. The molecule has 2 rings (SSSR count). The van der Waals surface area contributed by atoms with Gasteiger partial charge in [0.2, 0.25) is 0 Å². The van der Waals surface area contributed by atoms with Crippen molar-refractivity contribution in [1.82, 2.24) is 20.0 Å². The quantitative estimate of drug-likeness (QED) is 0.775. The first-order valence-electron chi connectivity index (χ1n) is 5.84. The Hall–Kier alpha value is -0.870. The Morgan fingerprint density at radius 2 is 2.20 bits per heavy atom. The molecule has 15 heavy (non-hydrogen) atoms. The van der Waals surface area contributed by atoms with E-state index in [1.807, 2.05) is 6.20 Å². The number of aromatic nitrogens is 2. The number of rotatable bonds is 4. The summed E-state index contributed by atoms with van der Waals surface area (Å²) in [6, 6.07) is 2.13. The van der Waals surface area contributed by atoms with E-state index in [0.717, 1.165) is 32.6 Å². The first-order valence-corrected chi connectivity index (χ1v) is 5.84. The van der Waals surface area contributed by atoms with Gasteiger partial charge < -0.3 is 10.2 Å². The highest BCUT2D eigenvalue weighted by molar-refractivity contribution is 5.01. The van der Waals surface area contributed by atoms with Crippen LogP contribution in [-0.2, 0) is 13.0 Å². The molecule has 1 aliphatic heterocycles. The van der Waals surface area contributed by atoms with Crippen molar-refractivity contribution in [3.63, 3.8) is 0 Å². The fourth-order valence-electron chi connectivity index (χ4n) is 2.06. The number of aryl methyl sites for hydroxylation is 1. The predicted octanol–water partition coefficient (Wildman–Crippen LogP) is 0.351. The molecule has 0 spiro atoms. The molecule has 0 aliphatic carbocycles. The summed E-state index contributed by atoms with van der Waals surface area (Å²) in [5.41, 5.74) is 1.36. The zero-order chi connectivity index (χ0) is 10.5. The Labute approximate surface area is 91.3 Å². The van der Waals surface area contributed by atoms with Gasteiger partial charge in [0.1, 0.15) is 0 Å². The molecule has 0 aromatic carbocycles. The zero-order valence-electron chi connectivity index (χ0n) is 9.45. The maximum Gasteiger partial charge on any atom is 0.0492 e. The molecule has 0 amide bonds. The van der Waals surface area contributed by atoms with E-state index < -0.39 is 0 Å². The molecule has 4 heteroatoms. The van der Waals surface area contributed by atoms with Crippen molar-refractivity contribution in [2.24, 2.45) is 0 Å². The highest BCUT2D eigenvalue weighted by Crippen LogP contribution is 2.02. The summed E-state index contributed by atoms with van der Waals surface area (Å²) in [5.74, 6) is 0. The van der Waals surface area contributed by atoms with Crippen LogP contribution in [-0.4, -0.2) is 47.4 Å². The van der Waals surface area contributed by atoms with Crippen LogP contribution in [0, 0.1) is 0 Å². The Bertz CT molecular complexity index is 289. The number of hydrogen-bond donors (Lipinski definition) is 1. The van der Waals surface area contributed by atoms with Gasteiger partial charge in [0.25, 0.3) is 0 Å². The van der Waals surface area contributed by atoms with Crippen molar-refractivity contribution in [1.29, 1.82) is 0 Å². The third-order valence-electron chi connectivity index (χ3n) is 3.00. The van der Waals surface area contributed by atoms with E-state index in [-0.39, 0.29) is 0 Å². The molecule has 1 aromatic rings. The van der Waals surface area contributed by atoms with E-state index >= 15 is 0 Å². The molecule has 84 valence electrons. The van der Waals surface area contributed by atoms with Gasteiger partial charge in [-0.1, -0.05) is 0 Å². The van der Waals surface area contributed by atoms with Crippen LogP contribution < -0.4 is 5.32 Å². The lowest BCUT2D eigenvalue weighted by Gasteiger charge is -2.27. The molecule has 1 saturated heterocycles. The normalized spacial score (nSPS) is 18.2. The number of hydrogen-bond acceptors (Lipinski definition) is 3. The first kappa shape index (κ1) is 10.6. The molecule has 0 radical (unpaired) electrons. The second-order valence-corrected chi connectivity index (χ2v) is 3.98. The van der Waals surface area contributed by atoms with Crippen molar-refractivity contribution >= 4 is 0 Å². The lowest BCUT2D eigenvalue weighted by molar-refractivity contribution is 0.242. The minimum atomic E-state index is 0.976. The molecule has 0 bridgehead atoms. The minimum Gasteiger partial charge on any atom is -0.314 e. The summed E-state index contributed by atoms with van der Waals surface area (Å²) in [5, 5.41) is 7.66. The van der Waals surface area contributed by atoms with Crippen LogP contribution in [0.2, 0.25) is 0 Å². The third kappa shape index (κ3) is 2.79. The fraction of sp³-hybridized carbons (Fsp3) is 0.727. The smallest absolute Gasteiger partial charge is 0.0492 e. The van der Waals surface area contributed by atoms with Gasteiger partial charge in [-0.05, 0) is 13.0 Å². The Morgan fingerprint density at radius 1 is 1.40 bits per heavy atom. The van der Waals surface area contributed by atoms with Crippen LogP contribution in [0.4, 0.5) is 0 Å². The van der Waals surface area contributed by atoms with E-state index in [1.54, 1.807) is 0 Å². The van der Waals surface area contributed by atoms with Gasteiger partial charge in [0.15, 0.2) is 0 Å². The van der Waals surface area contributed by atoms with Crippen molar-refractivity contribution in [2.45, 2.75) is 19.9 Å². The molecule has 2 heterocycles. The lowest BCUT2D eigenvalue weighted by atomic mass is 10.2. The fourth-order valence-corrected chi connectivity index (χ4v) is 2.06. The highest BCUT2D eigenvalue weighted by Gasteiger charge is 2.10. The molecule has 1 aromatic heterocycles. The standard InChI is InChI=1S/C11H20N4/c1-2-15-11(3-5-13-15)4-8-14-9-6-12-7-10-14/h3,5,12H,2,4,6-10H2,1H3. The van der Waals surface area contributed by atoms with Crippen LogP contribution in [0.15, 0.2) is 12.3 Å². The van der Waals surface area contributed by atoms with Gasteiger partial charge in [-0.25, -0.2) is 0 Å². The first-order chi connectivity index (χ1) is 7.40. The summed E-state index contributed by atoms with van der Waals surface area (Å²) in [6.07, 6.45) is 3.02. The SMILES string of the molecule is CCn1nccc1CCN1CCNCC1. The summed E-state index contributed by atoms with van der Waals surface area (Å²) in [6.45, 7) is 8.90. The van der Waals surface area contributed by atoms with Gasteiger partial charge in [-0.3, -0.25) is 4.68 Å². The van der Waals surface area contributed by atoms with Gasteiger partial charge >= 0.3 is 0 Å². The van der Waals surface area contributed by atoms with Crippen molar-refractivity contribution in [3.8, 4) is 0 Å². The predicted molar refractivity (Wildman–Crippen MR) is 60.9 cm³/mol. The summed E-state index contributed by atoms with van der Waals surface area (Å²) < 4.78 is 2.09. The van der Waals surface area contributed by atoms with Crippen LogP contribution in [0.5, 0.6) is 0 Å². The Balaban J connectivity index is 1.81. The van der Waals surface area contributed by atoms with Crippen molar-refractivity contribution in [2.75, 3.05) is 32.7 Å². The van der Waals surface area contributed by atoms with Crippen LogP contribution in [0.3, 0.4) is 0 Å². The summed E-state index contributed by atoms with van der Waals surface area (Å²) in [4.78, 5) is 2.52.